The summed E-state index contributed by atoms with van der Waals surface area (Å²) in [7, 11) is 0. The van der Waals surface area contributed by atoms with Crippen molar-refractivity contribution in [2.24, 2.45) is 0 Å². The van der Waals surface area contributed by atoms with Crippen LogP contribution in [0.5, 0.6) is 121 Å². The van der Waals surface area contributed by atoms with E-state index in [-0.39, 0.29) is 33.6 Å². The molecule has 5 aliphatic rings. The summed E-state index contributed by atoms with van der Waals surface area (Å²) in [6.07, 6.45) is -19.1. The van der Waals surface area contributed by atoms with Gasteiger partial charge in [0.1, 0.15) is 87.7 Å². The van der Waals surface area contributed by atoms with E-state index >= 15 is 0 Å². The quantitative estimate of drug-likeness (QED) is 0.0605. The Bertz CT molecular complexity index is 4590. The van der Waals surface area contributed by atoms with E-state index in [0.717, 1.165) is 78.9 Å². The van der Waals surface area contributed by atoms with Crippen LogP contribution in [0.4, 0.5) is 0 Å². The van der Waals surface area contributed by atoms with Crippen molar-refractivity contribution in [3.05, 3.63) is 170 Å². The number of esters is 1. The fourth-order valence-electron chi connectivity index (χ4n) is 13.6. The van der Waals surface area contributed by atoms with Gasteiger partial charge >= 0.3 is 5.97 Å². The molecule has 29 heteroatoms. The lowest BCUT2D eigenvalue weighted by atomic mass is 9.70. The van der Waals surface area contributed by atoms with Crippen molar-refractivity contribution in [3.63, 3.8) is 0 Å². The highest BCUT2D eigenvalue weighted by atomic mass is 16.6. The minimum absolute atomic E-state index is 0.0285. The number of phenols is 18. The molecule has 13 rings (SSSR count). The van der Waals surface area contributed by atoms with Gasteiger partial charge in [-0.05, 0) is 71.8 Å². The van der Waals surface area contributed by atoms with Crippen LogP contribution in [0.1, 0.15) is 121 Å². The van der Waals surface area contributed by atoms with Crippen LogP contribution in [-0.2, 0) is 20.7 Å². The molecule has 22 N–H and O–H groups in total. The van der Waals surface area contributed by atoms with Gasteiger partial charge in [-0.2, -0.15) is 0 Å². The number of allylic oxidation sites excluding steroid dienone is 1. The molecule has 0 bridgehead atoms. The minimum Gasteiger partial charge on any atom is -0.507 e. The summed E-state index contributed by atoms with van der Waals surface area (Å²) in [6.45, 7) is 0. The third-order valence-corrected chi connectivity index (χ3v) is 18.0. The highest BCUT2D eigenvalue weighted by Crippen LogP contribution is 2.65. The number of ether oxygens (including phenoxy) is 5. The first-order valence-electron chi connectivity index (χ1n) is 29.2. The van der Waals surface area contributed by atoms with E-state index < -0.39 is 263 Å². The molecule has 4 aliphatic heterocycles. The van der Waals surface area contributed by atoms with Gasteiger partial charge in [-0.15, -0.1) is 0 Å². The van der Waals surface area contributed by atoms with Crippen LogP contribution in [0.2, 0.25) is 0 Å². The monoisotopic (exact) mass is 1320 g/mol. The molecule has 0 radical (unpaired) electrons. The van der Waals surface area contributed by atoms with Crippen molar-refractivity contribution in [2.45, 2.75) is 92.0 Å². The molecular formula is C67H56O29. The topological polar surface area (TPSA) is 525 Å². The molecule has 0 saturated heterocycles. The molecule has 498 valence electrons. The van der Waals surface area contributed by atoms with Crippen LogP contribution in [0.3, 0.4) is 0 Å². The largest absolute Gasteiger partial charge is 0.507 e. The Morgan fingerprint density at radius 1 is 0.365 bits per heavy atom. The van der Waals surface area contributed by atoms with E-state index in [2.05, 4.69) is 0 Å². The standard InChI is InChI=1S/C67H56O29/c68-25-14-34(76)46-44(15-25)92-61(21-2-5-28(70)32(74)8-21)57(88)52(46)48-36(78)18-38(80)50-54(58(89)62(95-65(48)50)22-3-6-29(71)33(75)9-22)51-39(81)19-37(79)49-53(59(90)63(96-66(49)51)23-10-40(82)55(86)41(83)11-23)47-35(77)17-30(72)26-16-45(93-67(91)24-12-42(84)56(87)43(85)13-24)60(94-64(26)47)20-1-4-27(69)31(73)7-20/h1-13,17-19,34,45,52-54,57-63,69-90H,14-16H2/t34?,45-,52?,53?,54?,57+,58-,59-,60?,61?,62?,63?/m1/s1. The van der Waals surface area contributed by atoms with Crippen LogP contribution < -0.4 is 14.2 Å². The summed E-state index contributed by atoms with van der Waals surface area (Å²) in [6, 6.07) is 14.9. The SMILES string of the molecule is O=C1CC2=C(C(O)C1)C(c1c(O)cc(O)c3c1OC(c1ccc(O)c(O)c1)[C@H](O)C3c1c(O)cc(O)c3c1OC(c1cc(O)c(O)c(O)c1)[C@H](O)C3c1c(O)cc(O)c3c1OC(c1ccc(O)c(O)c1)[C@H](OC(=O)c1cc(O)c(O)c(O)c1)C3)[C@H](O)C(c1ccc(O)c(O)c1)O2. The molecule has 0 saturated carbocycles. The van der Waals surface area contributed by atoms with Crippen molar-refractivity contribution in [1.29, 1.82) is 0 Å². The molecule has 8 unspecified atom stereocenters. The predicted octanol–water partition coefficient (Wildman–Crippen LogP) is 5.74. The van der Waals surface area contributed by atoms with E-state index in [1.54, 1.807) is 0 Å². The zero-order valence-electron chi connectivity index (χ0n) is 49.0. The molecule has 96 heavy (non-hydrogen) atoms. The number of carbonyl (C=O) groups is 2. The van der Waals surface area contributed by atoms with Crippen LogP contribution in [-0.4, -0.2) is 155 Å². The lowest BCUT2D eigenvalue weighted by molar-refractivity contribution is -0.124. The van der Waals surface area contributed by atoms with Crippen LogP contribution in [0.15, 0.2) is 108 Å². The van der Waals surface area contributed by atoms with E-state index in [9.17, 15) is 122 Å². The maximum atomic E-state index is 13.9. The Kier molecular flexibility index (Phi) is 15.0. The summed E-state index contributed by atoms with van der Waals surface area (Å²) < 4.78 is 32.0. The van der Waals surface area contributed by atoms with Gasteiger partial charge in [0.2, 0.25) is 0 Å². The van der Waals surface area contributed by atoms with E-state index in [1.807, 2.05) is 0 Å². The van der Waals surface area contributed by atoms with Gasteiger partial charge in [-0.1, -0.05) is 18.2 Å². The number of Topliss-reactive ketones (excluding diaryl/α,β-unsaturated/α-hetero) is 1. The lowest BCUT2D eigenvalue weighted by Crippen LogP contribution is -2.42. The second-order valence-electron chi connectivity index (χ2n) is 23.8. The van der Waals surface area contributed by atoms with Crippen molar-refractivity contribution >= 4 is 11.8 Å². The molecule has 0 fully saturated rings. The van der Waals surface area contributed by atoms with E-state index in [4.69, 9.17) is 23.7 Å². The zero-order chi connectivity index (χ0) is 68.7. The Balaban J connectivity index is 1.06. The van der Waals surface area contributed by atoms with Gasteiger partial charge in [-0.25, -0.2) is 4.79 Å². The molecule has 0 aromatic heterocycles. The molecule has 4 heterocycles. The number of aliphatic hydroxyl groups excluding tert-OH is 4. The van der Waals surface area contributed by atoms with Crippen molar-refractivity contribution in [3.8, 4) is 121 Å². The van der Waals surface area contributed by atoms with Crippen LogP contribution >= 0.6 is 0 Å². The molecule has 0 spiro atoms. The van der Waals surface area contributed by atoms with Crippen LogP contribution in [0.25, 0.3) is 0 Å². The van der Waals surface area contributed by atoms with Crippen molar-refractivity contribution in [2.75, 3.05) is 0 Å². The predicted molar refractivity (Wildman–Crippen MR) is 320 cm³/mol. The highest BCUT2D eigenvalue weighted by Gasteiger charge is 2.54. The lowest BCUT2D eigenvalue weighted by Gasteiger charge is -2.45. The Hall–Kier alpha value is -11.9. The number of ketones is 1. The van der Waals surface area contributed by atoms with Gasteiger partial charge in [-0.3, -0.25) is 4.79 Å². The van der Waals surface area contributed by atoms with E-state index in [1.165, 1.54) is 12.1 Å². The first-order valence-corrected chi connectivity index (χ1v) is 29.2. The number of carbonyl (C=O) groups excluding carboxylic acids is 2. The fourth-order valence-corrected chi connectivity index (χ4v) is 13.6. The summed E-state index contributed by atoms with van der Waals surface area (Å²) in [5.41, 5.74) is -4.97. The van der Waals surface area contributed by atoms with Crippen molar-refractivity contribution < 1.29 is 146 Å². The number of aliphatic hydroxyl groups is 4. The number of rotatable bonds is 9. The first kappa shape index (κ1) is 62.9. The second-order valence-corrected chi connectivity index (χ2v) is 23.8. The Morgan fingerprint density at radius 3 is 1.19 bits per heavy atom. The summed E-state index contributed by atoms with van der Waals surface area (Å²) >= 11 is 0. The Morgan fingerprint density at radius 2 is 0.729 bits per heavy atom. The number of hydrogen-bond acceptors (Lipinski definition) is 29. The fraction of sp³-hybridized carbons (Fsp3) is 0.224. The smallest absolute Gasteiger partial charge is 0.338 e. The average molecular weight is 1330 g/mol. The molecule has 0 amide bonds. The van der Waals surface area contributed by atoms with Crippen LogP contribution in [0, 0.1) is 0 Å². The van der Waals surface area contributed by atoms with Gasteiger partial charge < -0.3 is 136 Å². The molecule has 8 aromatic carbocycles. The summed E-state index contributed by atoms with van der Waals surface area (Å²) in [5.74, 6) is -26.0. The third-order valence-electron chi connectivity index (χ3n) is 18.0. The molecule has 1 aliphatic carbocycles. The zero-order valence-corrected chi connectivity index (χ0v) is 49.0. The van der Waals surface area contributed by atoms with Gasteiger partial charge in [0.05, 0.1) is 29.9 Å². The Labute approximate surface area is 537 Å². The molecule has 8 aromatic rings. The number of fused-ring (bicyclic) bond motifs is 3. The normalized spacial score (nSPS) is 24.2. The van der Waals surface area contributed by atoms with E-state index in [0.29, 0.717) is 6.07 Å². The highest BCUT2D eigenvalue weighted by molar-refractivity contribution is 5.91. The first-order chi connectivity index (χ1) is 45.5. The average Bonchev–Trinajstić information content (AvgIpc) is 0.710. The maximum Gasteiger partial charge on any atom is 0.338 e. The number of hydrogen-bond donors (Lipinski definition) is 22. The van der Waals surface area contributed by atoms with Crippen molar-refractivity contribution in [1.82, 2.24) is 0 Å². The maximum absolute atomic E-state index is 13.9. The second kappa shape index (κ2) is 23.0. The molecule has 12 atom stereocenters. The molecular weight excluding hydrogens is 1270 g/mol. The third kappa shape index (κ3) is 10.1. The number of phenolic OH excluding ortho intramolecular Hbond substituents is 18. The van der Waals surface area contributed by atoms with Gasteiger partial charge in [0.15, 0.2) is 93.4 Å². The minimum atomic E-state index is -2.29. The summed E-state index contributed by atoms with van der Waals surface area (Å²) in [5, 5.41) is 252. The molecule has 29 nitrogen and oxygen atoms in total. The number of benzene rings is 8. The summed E-state index contributed by atoms with van der Waals surface area (Å²) in [4.78, 5) is 27.2. The van der Waals surface area contributed by atoms with Gasteiger partial charge in [0.25, 0.3) is 0 Å². The van der Waals surface area contributed by atoms with Gasteiger partial charge in [0, 0.05) is 87.0 Å². The number of aromatic hydroxyl groups is 18.